The molecule has 13 heteroatoms. The van der Waals surface area contributed by atoms with Gasteiger partial charge in [-0.05, 0) is 86.2 Å². The van der Waals surface area contributed by atoms with E-state index >= 15 is 0 Å². The number of rotatable bonds is 11. The number of piperidine rings is 1. The van der Waals surface area contributed by atoms with Crippen molar-refractivity contribution >= 4 is 28.9 Å². The topological polar surface area (TPSA) is 101 Å². The molecule has 2 fully saturated rings. The highest BCUT2D eigenvalue weighted by Gasteiger charge is 2.45. The van der Waals surface area contributed by atoms with Crippen LogP contribution in [0.1, 0.15) is 56.2 Å². The Hall–Kier alpha value is -4.16. The molecule has 3 atom stereocenters. The first kappa shape index (κ1) is 33.3. The maximum absolute atomic E-state index is 12.8. The van der Waals surface area contributed by atoms with Crippen LogP contribution in [0.2, 0.25) is 10.0 Å². The van der Waals surface area contributed by atoms with Crippen molar-refractivity contribution in [1.82, 2.24) is 29.1 Å². The molecule has 4 heterocycles. The molecule has 0 saturated carbocycles. The molecule has 0 N–H and O–H groups in total. The summed E-state index contributed by atoms with van der Waals surface area (Å²) in [6.45, 7) is 6.89. The Labute approximate surface area is 294 Å². The van der Waals surface area contributed by atoms with Gasteiger partial charge in [-0.15, -0.1) is 0 Å². The number of nitrogens with zero attached hydrogens (tertiary/aromatic N) is 7. The minimum Gasteiger partial charge on any atom is -0.491 e. The molecule has 2 saturated heterocycles. The normalized spacial score (nSPS) is 20.5. The second kappa shape index (κ2) is 14.4. The Morgan fingerprint density at radius 2 is 1.73 bits per heavy atom. The number of ether oxygens (including phenoxy) is 3. The molecule has 0 radical (unpaired) electrons. The van der Waals surface area contributed by atoms with Crippen molar-refractivity contribution in [3.8, 4) is 11.4 Å². The van der Waals surface area contributed by atoms with E-state index < -0.39 is 5.79 Å². The van der Waals surface area contributed by atoms with E-state index in [2.05, 4.69) is 51.3 Å². The summed E-state index contributed by atoms with van der Waals surface area (Å²) < 4.78 is 23.7. The Bertz CT molecular complexity index is 1910. The van der Waals surface area contributed by atoms with Gasteiger partial charge in [0, 0.05) is 29.4 Å². The van der Waals surface area contributed by atoms with Crippen molar-refractivity contribution in [2.24, 2.45) is 0 Å². The molecule has 0 spiro atoms. The highest BCUT2D eigenvalue weighted by atomic mass is 35.5. The zero-order valence-electron chi connectivity index (χ0n) is 27.5. The molecule has 2 aromatic heterocycles. The monoisotopic (exact) mass is 703 g/mol. The van der Waals surface area contributed by atoms with Crippen molar-refractivity contribution in [3.05, 3.63) is 117 Å². The van der Waals surface area contributed by atoms with Gasteiger partial charge in [-0.25, -0.2) is 23.7 Å². The third kappa shape index (κ3) is 7.12. The zero-order valence-corrected chi connectivity index (χ0v) is 29.0. The summed E-state index contributed by atoms with van der Waals surface area (Å²) >= 11 is 12.7. The van der Waals surface area contributed by atoms with Gasteiger partial charge in [0.2, 0.25) is 5.79 Å². The van der Waals surface area contributed by atoms with Gasteiger partial charge in [-0.2, -0.15) is 10.2 Å². The fourth-order valence-electron chi connectivity index (χ4n) is 6.57. The second-order valence-electron chi connectivity index (χ2n) is 12.7. The van der Waals surface area contributed by atoms with Crippen LogP contribution in [0.3, 0.4) is 0 Å². The Morgan fingerprint density at radius 3 is 2.43 bits per heavy atom. The molecule has 11 nitrogen and oxygen atoms in total. The standard InChI is InChI=1S/C36H39Cl2N7O4/c1-3-25(2)45-35(46)44(24-41-45)30-9-7-29(8-10-30)42-16-14-27(15-17-42)26-4-11-31(12-5-26)47-19-32-20-48-36(49-32,21-43-23-39-22-40-43)33-13-6-28(37)18-34(33)38/h4-13,18,22-25,27,32H,3,14-17,19-21H2,1-2H3/t25?,32-,36-/m1/s1. The van der Waals surface area contributed by atoms with Crippen molar-refractivity contribution in [2.75, 3.05) is 31.2 Å². The Kier molecular flexibility index (Phi) is 9.77. The SMILES string of the molecule is CCC(C)n1ncn(-c2ccc(N3CCC(c4ccc(OC[C@@H]5CO[C@@](Cn6cncn6)(c6ccc(Cl)cc6Cl)O5)cc4)CC3)cc2)c1=O. The Morgan fingerprint density at radius 1 is 0.980 bits per heavy atom. The lowest BCUT2D eigenvalue weighted by Gasteiger charge is -2.34. The van der Waals surface area contributed by atoms with E-state index in [0.717, 1.165) is 49.5 Å². The molecule has 0 bridgehead atoms. The predicted molar refractivity (Wildman–Crippen MR) is 188 cm³/mol. The third-order valence-corrected chi connectivity index (χ3v) is 10.1. The fraction of sp³-hybridized carbons (Fsp3) is 0.389. The quantitative estimate of drug-likeness (QED) is 0.151. The van der Waals surface area contributed by atoms with E-state index in [1.807, 2.05) is 37.3 Å². The number of hydrogen-bond donors (Lipinski definition) is 0. The minimum absolute atomic E-state index is 0.0691. The van der Waals surface area contributed by atoms with E-state index in [4.69, 9.17) is 37.4 Å². The molecule has 0 amide bonds. The first-order valence-corrected chi connectivity index (χ1v) is 17.4. The van der Waals surface area contributed by atoms with Gasteiger partial charge in [0.05, 0.1) is 23.4 Å². The number of anilines is 1. The molecular weight excluding hydrogens is 665 g/mol. The molecule has 5 aromatic rings. The van der Waals surface area contributed by atoms with Crippen LogP contribution in [-0.2, 0) is 21.8 Å². The molecule has 3 aromatic carbocycles. The summed E-state index contributed by atoms with van der Waals surface area (Å²) in [6.07, 6.45) is 7.32. The van der Waals surface area contributed by atoms with Crippen LogP contribution in [0.15, 0.2) is 90.5 Å². The number of benzene rings is 3. The van der Waals surface area contributed by atoms with E-state index in [1.54, 1.807) is 38.7 Å². The summed E-state index contributed by atoms with van der Waals surface area (Å²) in [5, 5.41) is 9.52. The number of aromatic nitrogens is 6. The van der Waals surface area contributed by atoms with Crippen LogP contribution in [0.4, 0.5) is 5.69 Å². The molecule has 1 unspecified atom stereocenters. The van der Waals surface area contributed by atoms with Crippen molar-refractivity contribution in [1.29, 1.82) is 0 Å². The van der Waals surface area contributed by atoms with E-state index in [0.29, 0.717) is 34.7 Å². The summed E-state index contributed by atoms with van der Waals surface area (Å²) in [7, 11) is 0. The van der Waals surface area contributed by atoms with Crippen LogP contribution >= 0.6 is 23.2 Å². The summed E-state index contributed by atoms with van der Waals surface area (Å²) in [5.74, 6) is 0.0978. The molecule has 2 aliphatic rings. The largest absolute Gasteiger partial charge is 0.491 e. The van der Waals surface area contributed by atoms with Gasteiger partial charge in [0.25, 0.3) is 0 Å². The zero-order chi connectivity index (χ0) is 34.0. The van der Waals surface area contributed by atoms with Gasteiger partial charge in [0.15, 0.2) is 0 Å². The van der Waals surface area contributed by atoms with E-state index in [-0.39, 0.29) is 24.4 Å². The van der Waals surface area contributed by atoms with Crippen LogP contribution in [0.5, 0.6) is 5.75 Å². The molecule has 49 heavy (non-hydrogen) atoms. The smallest absolute Gasteiger partial charge is 0.350 e. The predicted octanol–water partition coefficient (Wildman–Crippen LogP) is 6.63. The van der Waals surface area contributed by atoms with Crippen molar-refractivity contribution in [3.63, 3.8) is 0 Å². The van der Waals surface area contributed by atoms with Crippen LogP contribution < -0.4 is 15.3 Å². The molecular formula is C36H39Cl2N7O4. The van der Waals surface area contributed by atoms with Crippen LogP contribution in [0.25, 0.3) is 5.69 Å². The molecule has 256 valence electrons. The first-order valence-electron chi connectivity index (χ1n) is 16.7. The van der Waals surface area contributed by atoms with Crippen molar-refractivity contribution in [2.45, 2.75) is 63.5 Å². The average molecular weight is 705 g/mol. The van der Waals surface area contributed by atoms with Gasteiger partial charge in [-0.3, -0.25) is 0 Å². The first-order chi connectivity index (χ1) is 23.8. The average Bonchev–Trinajstić information content (AvgIpc) is 3.88. The second-order valence-corrected chi connectivity index (χ2v) is 13.5. The lowest BCUT2D eigenvalue weighted by atomic mass is 9.89. The van der Waals surface area contributed by atoms with Crippen LogP contribution in [-0.4, -0.2) is 61.5 Å². The molecule has 0 aliphatic carbocycles. The highest BCUT2D eigenvalue weighted by Crippen LogP contribution is 2.40. The fourth-order valence-corrected chi connectivity index (χ4v) is 7.12. The summed E-state index contributed by atoms with van der Waals surface area (Å²) in [4.78, 5) is 19.3. The van der Waals surface area contributed by atoms with Gasteiger partial charge in [-0.1, -0.05) is 48.3 Å². The summed E-state index contributed by atoms with van der Waals surface area (Å²) in [6, 6.07) is 21.9. The van der Waals surface area contributed by atoms with Crippen LogP contribution in [0, 0.1) is 0 Å². The number of halogens is 2. The molecule has 2 aliphatic heterocycles. The number of hydrogen-bond acceptors (Lipinski definition) is 8. The van der Waals surface area contributed by atoms with Crippen molar-refractivity contribution < 1.29 is 14.2 Å². The summed E-state index contributed by atoms with van der Waals surface area (Å²) in [5.41, 5.74) is 3.86. The van der Waals surface area contributed by atoms with Gasteiger partial charge in [0.1, 0.15) is 44.0 Å². The maximum Gasteiger partial charge on any atom is 0.350 e. The molecule has 7 rings (SSSR count). The Balaban J connectivity index is 0.925. The lowest BCUT2D eigenvalue weighted by molar-refractivity contribution is -0.190. The highest BCUT2D eigenvalue weighted by molar-refractivity contribution is 6.35. The maximum atomic E-state index is 12.8. The third-order valence-electron chi connectivity index (χ3n) is 9.51. The van der Waals surface area contributed by atoms with E-state index in [1.165, 1.54) is 11.9 Å². The lowest BCUT2D eigenvalue weighted by Crippen LogP contribution is -2.35. The van der Waals surface area contributed by atoms with Gasteiger partial charge >= 0.3 is 5.69 Å². The van der Waals surface area contributed by atoms with E-state index in [9.17, 15) is 4.79 Å². The minimum atomic E-state index is -1.15. The van der Waals surface area contributed by atoms with Gasteiger partial charge < -0.3 is 19.1 Å².